The summed E-state index contributed by atoms with van der Waals surface area (Å²) in [6.45, 7) is 2.48. The highest BCUT2D eigenvalue weighted by Crippen LogP contribution is 2.43. The van der Waals surface area contributed by atoms with Crippen LogP contribution in [0.15, 0.2) is 0 Å². The van der Waals surface area contributed by atoms with Crippen LogP contribution in [0.1, 0.15) is 20.8 Å². The molecule has 0 heterocycles. The molecule has 146 valence electrons. The average molecular weight is 390 g/mol. The predicted molar refractivity (Wildman–Crippen MR) is 75.0 cm³/mol. The van der Waals surface area contributed by atoms with Gasteiger partial charge in [0.1, 0.15) is 0 Å². The van der Waals surface area contributed by atoms with Crippen molar-refractivity contribution in [3.05, 3.63) is 0 Å². The smallest absolute Gasteiger partial charge is 0.435 e. The minimum atomic E-state index is -5.41. The molecule has 0 rings (SSSR count). The number of hydrogen-bond donors (Lipinski definition) is 2. The van der Waals surface area contributed by atoms with Crippen molar-refractivity contribution in [2.24, 2.45) is 0 Å². The normalized spacial score (nSPS) is 11.2. The predicted octanol–water partition coefficient (Wildman–Crippen LogP) is 1.27. The average Bonchev–Trinajstić information content (AvgIpc) is 2.44. The van der Waals surface area contributed by atoms with Gasteiger partial charge in [0.05, 0.1) is 19.8 Å². The lowest BCUT2D eigenvalue weighted by Gasteiger charge is -2.29. The van der Waals surface area contributed by atoms with Crippen molar-refractivity contribution in [2.45, 2.75) is 26.7 Å². The fourth-order valence-electron chi connectivity index (χ4n) is 1.18. The molecule has 0 aliphatic rings. The van der Waals surface area contributed by atoms with E-state index in [0.29, 0.717) is 0 Å². The summed E-state index contributed by atoms with van der Waals surface area (Å²) in [5.74, 6) is -3.18. The maximum Gasteiger partial charge on any atom is 0.513 e. The van der Waals surface area contributed by atoms with E-state index in [1.165, 1.54) is 20.8 Å². The first kappa shape index (κ1) is 22.9. The quantitative estimate of drug-likeness (QED) is 0.249. The van der Waals surface area contributed by atoms with Crippen LogP contribution in [0.3, 0.4) is 0 Å². The standard InChI is InChI=1S/C11H19O13P/c1-4-18-8(12)21-7-11(24-25(15,16)17,22-9(13)19-5-2)23-10(14)20-6-3/h4-7H2,1-3H3,(H2,15,16,17). The SMILES string of the molecule is CCOC(=O)OCC(OC(=O)OCC)(OC(=O)OCC)OP(=O)(O)O. The van der Waals surface area contributed by atoms with Crippen molar-refractivity contribution < 1.29 is 61.7 Å². The van der Waals surface area contributed by atoms with Crippen LogP contribution in [-0.2, 0) is 37.5 Å². The Bertz CT molecular complexity index is 478. The van der Waals surface area contributed by atoms with Crippen LogP contribution in [0.2, 0.25) is 0 Å². The van der Waals surface area contributed by atoms with Crippen LogP contribution >= 0.6 is 7.82 Å². The summed E-state index contributed by atoms with van der Waals surface area (Å²) in [6, 6.07) is 0. The fourth-order valence-corrected chi connectivity index (χ4v) is 1.67. The molecule has 0 saturated carbocycles. The summed E-state index contributed by atoms with van der Waals surface area (Å²) >= 11 is 0. The monoisotopic (exact) mass is 390 g/mol. The molecule has 0 bridgehead atoms. The zero-order chi connectivity index (χ0) is 19.5. The van der Waals surface area contributed by atoms with E-state index in [1.54, 1.807) is 0 Å². The molecule has 0 radical (unpaired) electrons. The molecule has 0 aromatic carbocycles. The van der Waals surface area contributed by atoms with Gasteiger partial charge in [-0.25, -0.2) is 23.5 Å². The van der Waals surface area contributed by atoms with E-state index in [1.807, 2.05) is 0 Å². The van der Waals surface area contributed by atoms with E-state index in [0.717, 1.165) is 0 Å². The molecular formula is C11H19O13P. The molecule has 0 aliphatic carbocycles. The van der Waals surface area contributed by atoms with Crippen molar-refractivity contribution in [2.75, 3.05) is 26.4 Å². The van der Waals surface area contributed by atoms with Crippen LogP contribution < -0.4 is 0 Å². The van der Waals surface area contributed by atoms with E-state index in [4.69, 9.17) is 9.79 Å². The molecule has 13 nitrogen and oxygen atoms in total. The minimum Gasteiger partial charge on any atom is -0.435 e. The van der Waals surface area contributed by atoms with E-state index in [9.17, 15) is 18.9 Å². The largest absolute Gasteiger partial charge is 0.513 e. The fraction of sp³-hybridized carbons (Fsp3) is 0.727. The molecule has 14 heteroatoms. The van der Waals surface area contributed by atoms with E-state index >= 15 is 0 Å². The van der Waals surface area contributed by atoms with Crippen LogP contribution in [0.4, 0.5) is 14.4 Å². The highest BCUT2D eigenvalue weighted by atomic mass is 31.2. The molecule has 25 heavy (non-hydrogen) atoms. The number of phosphoric ester groups is 1. The molecule has 0 saturated heterocycles. The Hall–Kier alpha value is -2.08. The summed E-state index contributed by atoms with van der Waals surface area (Å²) < 4.78 is 41.9. The van der Waals surface area contributed by atoms with Gasteiger partial charge in [-0.05, 0) is 20.8 Å². The second kappa shape index (κ2) is 10.7. The Morgan fingerprint density at radius 2 is 1.20 bits per heavy atom. The zero-order valence-corrected chi connectivity index (χ0v) is 14.6. The van der Waals surface area contributed by atoms with Gasteiger partial charge < -0.3 is 38.2 Å². The lowest BCUT2D eigenvalue weighted by atomic mass is 10.6. The maximum absolute atomic E-state index is 11.5. The number of hydrogen-bond acceptors (Lipinski definition) is 11. The summed E-state index contributed by atoms with van der Waals surface area (Å²) in [7, 11) is -5.41. The third kappa shape index (κ3) is 10.4. The Kier molecular flexibility index (Phi) is 9.82. The Balaban J connectivity index is 5.50. The molecule has 0 unspecified atom stereocenters. The first-order valence-electron chi connectivity index (χ1n) is 6.84. The van der Waals surface area contributed by atoms with Crippen molar-refractivity contribution in [3.8, 4) is 0 Å². The molecule has 0 fully saturated rings. The van der Waals surface area contributed by atoms with Gasteiger partial charge in [0.2, 0.25) is 6.61 Å². The van der Waals surface area contributed by atoms with Gasteiger partial charge in [0.25, 0.3) is 0 Å². The lowest BCUT2D eigenvalue weighted by Crippen LogP contribution is -2.47. The second-order valence-electron chi connectivity index (χ2n) is 3.81. The highest BCUT2D eigenvalue weighted by Gasteiger charge is 2.49. The minimum absolute atomic E-state index is 0.0946. The molecule has 0 amide bonds. The van der Waals surface area contributed by atoms with Gasteiger partial charge >= 0.3 is 32.3 Å². The third-order valence-corrected chi connectivity index (χ3v) is 2.41. The zero-order valence-electron chi connectivity index (χ0n) is 13.7. The van der Waals surface area contributed by atoms with Crippen LogP contribution in [0.5, 0.6) is 0 Å². The van der Waals surface area contributed by atoms with Crippen molar-refractivity contribution in [3.63, 3.8) is 0 Å². The second-order valence-corrected chi connectivity index (χ2v) is 4.97. The van der Waals surface area contributed by atoms with Crippen LogP contribution in [-0.4, -0.2) is 60.7 Å². The van der Waals surface area contributed by atoms with Gasteiger partial charge in [-0.3, -0.25) is 0 Å². The first-order chi connectivity index (χ1) is 11.6. The lowest BCUT2D eigenvalue weighted by molar-refractivity contribution is -0.319. The highest BCUT2D eigenvalue weighted by molar-refractivity contribution is 7.46. The number of ether oxygens (including phenoxy) is 6. The van der Waals surface area contributed by atoms with Gasteiger partial charge in [-0.15, -0.1) is 0 Å². The number of rotatable bonds is 9. The number of carbonyl (C=O) groups is 3. The Labute approximate surface area is 142 Å². The van der Waals surface area contributed by atoms with Crippen LogP contribution in [0, 0.1) is 0 Å². The van der Waals surface area contributed by atoms with E-state index < -0.39 is 38.9 Å². The topological polar surface area (TPSA) is 173 Å². The van der Waals surface area contributed by atoms with E-state index in [2.05, 4.69) is 32.9 Å². The van der Waals surface area contributed by atoms with Crippen molar-refractivity contribution in [1.82, 2.24) is 0 Å². The summed E-state index contributed by atoms with van der Waals surface area (Å²) in [4.78, 5) is 52.1. The molecule has 0 aliphatic heterocycles. The Morgan fingerprint density at radius 3 is 1.56 bits per heavy atom. The van der Waals surface area contributed by atoms with E-state index in [-0.39, 0.29) is 19.8 Å². The number of carbonyl (C=O) groups excluding carboxylic acids is 3. The van der Waals surface area contributed by atoms with Crippen molar-refractivity contribution in [1.29, 1.82) is 0 Å². The number of phosphoric acid groups is 1. The van der Waals surface area contributed by atoms with Gasteiger partial charge in [-0.2, -0.15) is 0 Å². The van der Waals surface area contributed by atoms with Gasteiger partial charge in [0.15, 0.2) is 0 Å². The Morgan fingerprint density at radius 1 is 0.800 bits per heavy atom. The molecule has 0 aromatic heterocycles. The van der Waals surface area contributed by atoms with Crippen molar-refractivity contribution >= 4 is 26.3 Å². The third-order valence-electron chi connectivity index (χ3n) is 1.89. The van der Waals surface area contributed by atoms with Crippen LogP contribution in [0.25, 0.3) is 0 Å². The molecule has 2 N–H and O–H groups in total. The molecule has 0 atom stereocenters. The summed E-state index contributed by atoms with van der Waals surface area (Å²) in [5, 5.41) is 0. The molecule has 0 aromatic rings. The summed E-state index contributed by atoms with van der Waals surface area (Å²) in [6.07, 6.45) is -4.39. The van der Waals surface area contributed by atoms with Gasteiger partial charge in [0, 0.05) is 0 Å². The van der Waals surface area contributed by atoms with Gasteiger partial charge in [-0.1, -0.05) is 0 Å². The first-order valence-corrected chi connectivity index (χ1v) is 8.37. The molecule has 0 spiro atoms. The molecular weight excluding hydrogens is 371 g/mol. The summed E-state index contributed by atoms with van der Waals surface area (Å²) in [5.41, 5.74) is 0. The maximum atomic E-state index is 11.5.